The number of hydrogen-bond donors (Lipinski definition) is 0. The Labute approximate surface area is 92.8 Å². The maximum atomic E-state index is 11.5. The van der Waals surface area contributed by atoms with Crippen LogP contribution in [0.2, 0.25) is 0 Å². The minimum Gasteiger partial charge on any atom is -0.462 e. The second-order valence-corrected chi connectivity index (χ2v) is 4.72. The Hall–Kier alpha value is -0.570. The van der Waals surface area contributed by atoms with E-state index in [2.05, 4.69) is 11.8 Å². The van der Waals surface area contributed by atoms with Crippen molar-refractivity contribution >= 4 is 5.97 Å². The SMILES string of the molecule is CCCN(CC(=O)OC(C)C)CC1CC1. The highest BCUT2D eigenvalue weighted by molar-refractivity contribution is 5.71. The molecule has 1 aliphatic rings. The van der Waals surface area contributed by atoms with Crippen molar-refractivity contribution in [3.63, 3.8) is 0 Å². The summed E-state index contributed by atoms with van der Waals surface area (Å²) in [5.41, 5.74) is 0. The summed E-state index contributed by atoms with van der Waals surface area (Å²) in [5.74, 6) is 0.752. The normalized spacial score (nSPS) is 16.1. The first-order valence-corrected chi connectivity index (χ1v) is 6.03. The van der Waals surface area contributed by atoms with Crippen molar-refractivity contribution in [3.8, 4) is 0 Å². The predicted molar refractivity (Wildman–Crippen MR) is 60.7 cm³/mol. The molecule has 0 aromatic carbocycles. The summed E-state index contributed by atoms with van der Waals surface area (Å²) in [6.07, 6.45) is 3.77. The predicted octanol–water partition coefficient (Wildman–Crippen LogP) is 2.06. The highest BCUT2D eigenvalue weighted by Crippen LogP contribution is 2.29. The van der Waals surface area contributed by atoms with Gasteiger partial charge in [-0.05, 0) is 45.6 Å². The lowest BCUT2D eigenvalue weighted by atomic mass is 10.3. The molecule has 0 aromatic heterocycles. The van der Waals surface area contributed by atoms with Crippen LogP contribution in [0.15, 0.2) is 0 Å². The zero-order chi connectivity index (χ0) is 11.3. The molecule has 15 heavy (non-hydrogen) atoms. The van der Waals surface area contributed by atoms with Gasteiger partial charge in [0, 0.05) is 6.54 Å². The molecule has 88 valence electrons. The fourth-order valence-electron chi connectivity index (χ4n) is 1.70. The first kappa shape index (κ1) is 12.5. The molecule has 0 bridgehead atoms. The summed E-state index contributed by atoms with van der Waals surface area (Å²) in [7, 11) is 0. The average molecular weight is 213 g/mol. The van der Waals surface area contributed by atoms with Crippen LogP contribution in [0.25, 0.3) is 0 Å². The molecule has 3 nitrogen and oxygen atoms in total. The number of carbonyl (C=O) groups is 1. The van der Waals surface area contributed by atoms with Gasteiger partial charge in [0.1, 0.15) is 0 Å². The zero-order valence-corrected chi connectivity index (χ0v) is 10.2. The lowest BCUT2D eigenvalue weighted by Gasteiger charge is -2.21. The minimum absolute atomic E-state index is 0.00176. The van der Waals surface area contributed by atoms with Crippen molar-refractivity contribution in [2.24, 2.45) is 5.92 Å². The molecular weight excluding hydrogens is 190 g/mol. The third-order valence-electron chi connectivity index (χ3n) is 2.47. The highest BCUT2D eigenvalue weighted by Gasteiger charge is 2.25. The molecule has 1 rings (SSSR count). The number of nitrogens with zero attached hydrogens (tertiary/aromatic N) is 1. The lowest BCUT2D eigenvalue weighted by Crippen LogP contribution is -2.34. The molecular formula is C12H23NO2. The van der Waals surface area contributed by atoms with Gasteiger partial charge in [-0.25, -0.2) is 0 Å². The first-order chi connectivity index (χ1) is 7.11. The molecule has 0 N–H and O–H groups in total. The van der Waals surface area contributed by atoms with E-state index in [-0.39, 0.29) is 12.1 Å². The van der Waals surface area contributed by atoms with E-state index >= 15 is 0 Å². The molecule has 0 atom stereocenters. The van der Waals surface area contributed by atoms with Gasteiger partial charge in [0.15, 0.2) is 0 Å². The summed E-state index contributed by atoms with van der Waals surface area (Å²) in [5, 5.41) is 0. The monoisotopic (exact) mass is 213 g/mol. The van der Waals surface area contributed by atoms with E-state index in [0.29, 0.717) is 6.54 Å². The maximum Gasteiger partial charge on any atom is 0.320 e. The van der Waals surface area contributed by atoms with Crippen LogP contribution in [0.1, 0.15) is 40.0 Å². The van der Waals surface area contributed by atoms with Crippen LogP contribution in [0.4, 0.5) is 0 Å². The van der Waals surface area contributed by atoms with Crippen LogP contribution >= 0.6 is 0 Å². The van der Waals surface area contributed by atoms with Crippen molar-refractivity contribution in [1.29, 1.82) is 0 Å². The van der Waals surface area contributed by atoms with Crippen LogP contribution in [-0.2, 0) is 9.53 Å². The number of esters is 1. The molecule has 0 aromatic rings. The third-order valence-corrected chi connectivity index (χ3v) is 2.47. The molecule has 1 fully saturated rings. The Balaban J connectivity index is 2.25. The number of rotatable bonds is 7. The highest BCUT2D eigenvalue weighted by atomic mass is 16.5. The fourth-order valence-corrected chi connectivity index (χ4v) is 1.70. The van der Waals surface area contributed by atoms with Crippen molar-refractivity contribution in [3.05, 3.63) is 0 Å². The van der Waals surface area contributed by atoms with Gasteiger partial charge in [0.25, 0.3) is 0 Å². The van der Waals surface area contributed by atoms with E-state index < -0.39 is 0 Å². The number of hydrogen-bond acceptors (Lipinski definition) is 3. The van der Waals surface area contributed by atoms with Crippen LogP contribution < -0.4 is 0 Å². The van der Waals surface area contributed by atoms with E-state index in [1.54, 1.807) is 0 Å². The molecule has 0 spiro atoms. The molecule has 0 aliphatic heterocycles. The van der Waals surface area contributed by atoms with Crippen LogP contribution in [-0.4, -0.2) is 36.6 Å². The molecule has 0 heterocycles. The third kappa shape index (κ3) is 5.78. The molecule has 0 saturated heterocycles. The summed E-state index contributed by atoms with van der Waals surface area (Å²) in [4.78, 5) is 13.7. The van der Waals surface area contributed by atoms with Gasteiger partial charge >= 0.3 is 5.97 Å². The Morgan fingerprint density at radius 3 is 2.60 bits per heavy atom. The van der Waals surface area contributed by atoms with E-state index in [0.717, 1.165) is 25.4 Å². The second-order valence-electron chi connectivity index (χ2n) is 4.72. The topological polar surface area (TPSA) is 29.5 Å². The van der Waals surface area contributed by atoms with Crippen molar-refractivity contribution < 1.29 is 9.53 Å². The van der Waals surface area contributed by atoms with Gasteiger partial charge in [-0.2, -0.15) is 0 Å². The maximum absolute atomic E-state index is 11.5. The molecule has 0 unspecified atom stereocenters. The smallest absolute Gasteiger partial charge is 0.320 e. The van der Waals surface area contributed by atoms with Gasteiger partial charge < -0.3 is 4.74 Å². The zero-order valence-electron chi connectivity index (χ0n) is 10.2. The lowest BCUT2D eigenvalue weighted by molar-refractivity contribution is -0.148. The molecule has 3 heteroatoms. The summed E-state index contributed by atoms with van der Waals surface area (Å²) >= 11 is 0. The Bertz CT molecular complexity index is 200. The van der Waals surface area contributed by atoms with Crippen LogP contribution in [0.3, 0.4) is 0 Å². The van der Waals surface area contributed by atoms with Crippen molar-refractivity contribution in [2.45, 2.75) is 46.1 Å². The largest absolute Gasteiger partial charge is 0.462 e. The Morgan fingerprint density at radius 2 is 2.13 bits per heavy atom. The standard InChI is InChI=1S/C12H23NO2/c1-4-7-13(8-11-5-6-11)9-12(14)15-10(2)3/h10-11H,4-9H2,1-3H3. The van der Waals surface area contributed by atoms with E-state index in [1.807, 2.05) is 13.8 Å². The summed E-state index contributed by atoms with van der Waals surface area (Å²) in [6.45, 7) is 8.47. The Morgan fingerprint density at radius 1 is 1.47 bits per heavy atom. The Kier molecular flexibility index (Phi) is 5.09. The molecule has 1 saturated carbocycles. The summed E-state index contributed by atoms with van der Waals surface area (Å²) < 4.78 is 5.15. The number of ether oxygens (including phenoxy) is 1. The molecule has 0 amide bonds. The van der Waals surface area contributed by atoms with Gasteiger partial charge in [-0.1, -0.05) is 6.92 Å². The van der Waals surface area contributed by atoms with Crippen molar-refractivity contribution in [2.75, 3.05) is 19.6 Å². The molecule has 1 aliphatic carbocycles. The average Bonchev–Trinajstić information content (AvgIpc) is 2.86. The second kappa shape index (κ2) is 6.11. The number of carbonyl (C=O) groups excluding carboxylic acids is 1. The van der Waals surface area contributed by atoms with Gasteiger partial charge in [-0.3, -0.25) is 9.69 Å². The quantitative estimate of drug-likeness (QED) is 0.606. The van der Waals surface area contributed by atoms with E-state index in [1.165, 1.54) is 12.8 Å². The molecule has 0 radical (unpaired) electrons. The summed E-state index contributed by atoms with van der Waals surface area (Å²) in [6, 6.07) is 0. The first-order valence-electron chi connectivity index (χ1n) is 6.03. The van der Waals surface area contributed by atoms with Gasteiger partial charge in [-0.15, -0.1) is 0 Å². The van der Waals surface area contributed by atoms with E-state index in [4.69, 9.17) is 4.74 Å². The minimum atomic E-state index is -0.0842. The van der Waals surface area contributed by atoms with Crippen LogP contribution in [0.5, 0.6) is 0 Å². The van der Waals surface area contributed by atoms with Crippen LogP contribution in [0, 0.1) is 5.92 Å². The fraction of sp³-hybridized carbons (Fsp3) is 0.917. The van der Waals surface area contributed by atoms with Gasteiger partial charge in [0.05, 0.1) is 12.6 Å². The van der Waals surface area contributed by atoms with Gasteiger partial charge in [0.2, 0.25) is 0 Å². The van der Waals surface area contributed by atoms with E-state index in [9.17, 15) is 4.79 Å². The van der Waals surface area contributed by atoms with Crippen molar-refractivity contribution in [1.82, 2.24) is 4.90 Å².